The standard InChI is InChI=1S/C21H17NO2/c1-24-21(23)19-9-7-16(8-10-19)15-20(17-5-3-2-4-6-17)18-11-13-22-14-12-18/h2-15H,1H3/b20-15+. The molecule has 118 valence electrons. The summed E-state index contributed by atoms with van der Waals surface area (Å²) in [5.74, 6) is -0.331. The van der Waals surface area contributed by atoms with Gasteiger partial charge < -0.3 is 4.74 Å². The number of hydrogen-bond donors (Lipinski definition) is 0. The van der Waals surface area contributed by atoms with Gasteiger partial charge in [-0.3, -0.25) is 4.98 Å². The second-order valence-corrected chi connectivity index (χ2v) is 5.27. The molecule has 1 aromatic heterocycles. The maximum atomic E-state index is 11.5. The van der Waals surface area contributed by atoms with Gasteiger partial charge in [-0.2, -0.15) is 0 Å². The lowest BCUT2D eigenvalue weighted by Gasteiger charge is -2.09. The van der Waals surface area contributed by atoms with Crippen molar-refractivity contribution in [3.8, 4) is 0 Å². The molecule has 1 heterocycles. The minimum Gasteiger partial charge on any atom is -0.465 e. The number of nitrogens with zero attached hydrogens (tertiary/aromatic N) is 1. The molecule has 24 heavy (non-hydrogen) atoms. The lowest BCUT2D eigenvalue weighted by molar-refractivity contribution is 0.0600. The maximum absolute atomic E-state index is 11.5. The Morgan fingerprint density at radius 3 is 2.08 bits per heavy atom. The predicted molar refractivity (Wildman–Crippen MR) is 95.4 cm³/mol. The Bertz CT molecular complexity index is 797. The van der Waals surface area contributed by atoms with E-state index in [9.17, 15) is 4.79 Å². The summed E-state index contributed by atoms with van der Waals surface area (Å²) in [6, 6.07) is 21.5. The van der Waals surface area contributed by atoms with Crippen molar-refractivity contribution in [2.75, 3.05) is 7.11 Å². The molecule has 0 N–H and O–H groups in total. The molecule has 0 saturated heterocycles. The first-order valence-corrected chi connectivity index (χ1v) is 7.64. The van der Waals surface area contributed by atoms with Crippen LogP contribution >= 0.6 is 0 Å². The summed E-state index contributed by atoms with van der Waals surface area (Å²) < 4.78 is 4.73. The van der Waals surface area contributed by atoms with Crippen molar-refractivity contribution in [2.24, 2.45) is 0 Å². The van der Waals surface area contributed by atoms with Crippen LogP contribution in [0.5, 0.6) is 0 Å². The van der Waals surface area contributed by atoms with Crippen LogP contribution in [0.4, 0.5) is 0 Å². The Morgan fingerprint density at radius 1 is 0.833 bits per heavy atom. The molecule has 0 radical (unpaired) electrons. The number of hydrogen-bond acceptors (Lipinski definition) is 3. The molecule has 3 rings (SSSR count). The lowest BCUT2D eigenvalue weighted by Crippen LogP contribution is -2.00. The van der Waals surface area contributed by atoms with E-state index in [0.717, 1.165) is 22.3 Å². The third-order valence-electron chi connectivity index (χ3n) is 3.72. The molecule has 0 aliphatic rings. The quantitative estimate of drug-likeness (QED) is 0.527. The van der Waals surface area contributed by atoms with Crippen molar-refractivity contribution in [3.63, 3.8) is 0 Å². The van der Waals surface area contributed by atoms with Crippen molar-refractivity contribution >= 4 is 17.6 Å². The van der Waals surface area contributed by atoms with Gasteiger partial charge in [0.15, 0.2) is 0 Å². The van der Waals surface area contributed by atoms with Crippen LogP contribution in [0.25, 0.3) is 11.6 Å². The highest BCUT2D eigenvalue weighted by Crippen LogP contribution is 2.25. The van der Waals surface area contributed by atoms with E-state index in [1.807, 2.05) is 42.5 Å². The number of rotatable bonds is 4. The first-order valence-electron chi connectivity index (χ1n) is 7.64. The Balaban J connectivity index is 2.02. The molecule has 0 spiro atoms. The molecule has 0 aliphatic carbocycles. The minimum atomic E-state index is -0.331. The Morgan fingerprint density at radius 2 is 1.46 bits per heavy atom. The van der Waals surface area contributed by atoms with Crippen LogP contribution in [0.3, 0.4) is 0 Å². The molecule has 0 bridgehead atoms. The zero-order valence-electron chi connectivity index (χ0n) is 13.3. The number of carbonyl (C=O) groups is 1. The molecular formula is C21H17NO2. The van der Waals surface area contributed by atoms with Crippen molar-refractivity contribution < 1.29 is 9.53 Å². The van der Waals surface area contributed by atoms with E-state index in [0.29, 0.717) is 5.56 Å². The van der Waals surface area contributed by atoms with Gasteiger partial charge in [-0.15, -0.1) is 0 Å². The number of pyridine rings is 1. The van der Waals surface area contributed by atoms with Gasteiger partial charge in [-0.05, 0) is 52.6 Å². The summed E-state index contributed by atoms with van der Waals surface area (Å²) in [6.07, 6.45) is 5.67. The highest BCUT2D eigenvalue weighted by atomic mass is 16.5. The zero-order valence-corrected chi connectivity index (χ0v) is 13.3. The third kappa shape index (κ3) is 3.58. The Kier molecular flexibility index (Phi) is 4.82. The summed E-state index contributed by atoms with van der Waals surface area (Å²) in [7, 11) is 1.38. The van der Waals surface area contributed by atoms with Gasteiger partial charge in [0.2, 0.25) is 0 Å². The third-order valence-corrected chi connectivity index (χ3v) is 3.72. The molecule has 3 nitrogen and oxygen atoms in total. The van der Waals surface area contributed by atoms with Crippen LogP contribution in [-0.4, -0.2) is 18.1 Å². The maximum Gasteiger partial charge on any atom is 0.337 e. The molecule has 0 fully saturated rings. The van der Waals surface area contributed by atoms with Gasteiger partial charge in [0.25, 0.3) is 0 Å². The van der Waals surface area contributed by atoms with Gasteiger partial charge in [0.05, 0.1) is 12.7 Å². The van der Waals surface area contributed by atoms with Crippen LogP contribution in [0.2, 0.25) is 0 Å². The van der Waals surface area contributed by atoms with Gasteiger partial charge in [0.1, 0.15) is 0 Å². The highest BCUT2D eigenvalue weighted by molar-refractivity contribution is 5.92. The first kappa shape index (κ1) is 15.7. The van der Waals surface area contributed by atoms with Crippen LogP contribution in [0.1, 0.15) is 27.0 Å². The fourth-order valence-corrected chi connectivity index (χ4v) is 2.48. The normalized spacial score (nSPS) is 11.1. The van der Waals surface area contributed by atoms with Crippen LogP contribution in [0.15, 0.2) is 79.1 Å². The number of ether oxygens (including phenoxy) is 1. The van der Waals surface area contributed by atoms with Crippen molar-refractivity contribution in [3.05, 3.63) is 101 Å². The van der Waals surface area contributed by atoms with E-state index in [-0.39, 0.29) is 5.97 Å². The summed E-state index contributed by atoms with van der Waals surface area (Å²) in [5.41, 5.74) is 4.87. The summed E-state index contributed by atoms with van der Waals surface area (Å²) >= 11 is 0. The summed E-state index contributed by atoms with van der Waals surface area (Å²) in [5, 5.41) is 0. The number of benzene rings is 2. The molecule has 0 amide bonds. The molecule has 2 aromatic carbocycles. The topological polar surface area (TPSA) is 39.2 Å². The zero-order chi connectivity index (χ0) is 16.8. The average Bonchev–Trinajstić information content (AvgIpc) is 2.67. The van der Waals surface area contributed by atoms with Crippen LogP contribution in [0, 0.1) is 0 Å². The van der Waals surface area contributed by atoms with Gasteiger partial charge in [-0.25, -0.2) is 4.79 Å². The Hall–Kier alpha value is -3.20. The first-order chi connectivity index (χ1) is 11.8. The van der Waals surface area contributed by atoms with Gasteiger partial charge in [0, 0.05) is 12.4 Å². The summed E-state index contributed by atoms with van der Waals surface area (Å²) in [4.78, 5) is 15.6. The average molecular weight is 315 g/mol. The molecule has 0 unspecified atom stereocenters. The van der Waals surface area contributed by atoms with E-state index in [1.54, 1.807) is 24.5 Å². The van der Waals surface area contributed by atoms with Crippen molar-refractivity contribution in [1.82, 2.24) is 4.98 Å². The Labute approximate surface area is 141 Å². The monoisotopic (exact) mass is 315 g/mol. The smallest absolute Gasteiger partial charge is 0.337 e. The van der Waals surface area contributed by atoms with E-state index in [1.165, 1.54) is 7.11 Å². The lowest BCUT2D eigenvalue weighted by atomic mass is 9.96. The second-order valence-electron chi connectivity index (χ2n) is 5.27. The molecule has 3 heteroatoms. The van der Waals surface area contributed by atoms with E-state index in [2.05, 4.69) is 23.2 Å². The van der Waals surface area contributed by atoms with Crippen LogP contribution in [-0.2, 0) is 4.74 Å². The molecule has 0 saturated carbocycles. The van der Waals surface area contributed by atoms with E-state index < -0.39 is 0 Å². The fourth-order valence-electron chi connectivity index (χ4n) is 2.48. The molecule has 3 aromatic rings. The highest BCUT2D eigenvalue weighted by Gasteiger charge is 2.07. The number of esters is 1. The van der Waals surface area contributed by atoms with E-state index in [4.69, 9.17) is 4.74 Å². The van der Waals surface area contributed by atoms with E-state index >= 15 is 0 Å². The van der Waals surface area contributed by atoms with Crippen LogP contribution < -0.4 is 0 Å². The van der Waals surface area contributed by atoms with Gasteiger partial charge >= 0.3 is 5.97 Å². The van der Waals surface area contributed by atoms with Crippen molar-refractivity contribution in [1.29, 1.82) is 0 Å². The van der Waals surface area contributed by atoms with Crippen molar-refractivity contribution in [2.45, 2.75) is 0 Å². The SMILES string of the molecule is COC(=O)c1ccc(/C=C(\c2ccccc2)c2ccncc2)cc1. The van der Waals surface area contributed by atoms with Gasteiger partial charge in [-0.1, -0.05) is 42.5 Å². The number of methoxy groups -OCH3 is 1. The number of aromatic nitrogens is 1. The molecule has 0 aliphatic heterocycles. The molecule has 0 atom stereocenters. The summed E-state index contributed by atoms with van der Waals surface area (Å²) in [6.45, 7) is 0. The predicted octanol–water partition coefficient (Wildman–Crippen LogP) is 4.46. The largest absolute Gasteiger partial charge is 0.465 e. The molecular weight excluding hydrogens is 298 g/mol. The fraction of sp³-hybridized carbons (Fsp3) is 0.0476. The second kappa shape index (κ2) is 7.38. The number of carbonyl (C=O) groups excluding carboxylic acids is 1. The minimum absolute atomic E-state index is 0.331.